The lowest BCUT2D eigenvalue weighted by atomic mass is 10.1. The van der Waals surface area contributed by atoms with Crippen LogP contribution in [0.15, 0.2) is 86.9 Å². The van der Waals surface area contributed by atoms with E-state index in [1.54, 1.807) is 49.4 Å². The van der Waals surface area contributed by atoms with Crippen molar-refractivity contribution in [3.05, 3.63) is 105 Å². The molecule has 0 aliphatic carbocycles. The lowest BCUT2D eigenvalue weighted by Gasteiger charge is -2.18. The highest BCUT2D eigenvalue weighted by Crippen LogP contribution is 2.26. The molecular weight excluding hydrogens is 490 g/mol. The third kappa shape index (κ3) is 5.62. The number of fused-ring (bicyclic) bond motifs is 1. The highest BCUT2D eigenvalue weighted by atomic mass is 35.5. The summed E-state index contributed by atoms with van der Waals surface area (Å²) in [5, 5.41) is 0.575. The zero-order valence-corrected chi connectivity index (χ0v) is 20.5. The molecule has 1 aromatic heterocycles. The molecule has 1 heterocycles. The Morgan fingerprint density at radius 2 is 1.71 bits per heavy atom. The number of halogens is 1. The second-order valence-electron chi connectivity index (χ2n) is 8.08. The Morgan fingerprint density at radius 1 is 1.03 bits per heavy atom. The molecule has 4 rings (SSSR count). The maximum absolute atomic E-state index is 13.1. The van der Waals surface area contributed by atoms with Crippen LogP contribution in [0.3, 0.4) is 0 Å². The van der Waals surface area contributed by atoms with Crippen molar-refractivity contribution in [2.45, 2.75) is 31.2 Å². The topological polar surface area (TPSA) is 103 Å². The summed E-state index contributed by atoms with van der Waals surface area (Å²) in [6.45, 7) is 3.53. The van der Waals surface area contributed by atoms with Crippen molar-refractivity contribution in [2.75, 3.05) is 0 Å². The molecule has 0 saturated heterocycles. The number of aryl methyl sites for hydroxylation is 2. The van der Waals surface area contributed by atoms with E-state index in [0.29, 0.717) is 10.9 Å². The number of carbonyl (C=O) groups is 1. The van der Waals surface area contributed by atoms with Gasteiger partial charge in [-0.05, 0) is 55.7 Å². The van der Waals surface area contributed by atoms with Gasteiger partial charge in [-0.2, -0.15) is 4.72 Å². The number of hydrogen-bond acceptors (Lipinski definition) is 6. The first-order valence-electron chi connectivity index (χ1n) is 10.7. The summed E-state index contributed by atoms with van der Waals surface area (Å²) in [5.74, 6) is -0.711. The summed E-state index contributed by atoms with van der Waals surface area (Å²) < 4.78 is 39.2. The molecular formula is C26H22ClNO6S. The van der Waals surface area contributed by atoms with Crippen LogP contribution < -0.4 is 15.1 Å². The van der Waals surface area contributed by atoms with Crippen LogP contribution in [0.1, 0.15) is 16.7 Å². The second kappa shape index (κ2) is 10.0. The Morgan fingerprint density at radius 3 is 2.40 bits per heavy atom. The molecule has 1 N–H and O–H groups in total. The molecule has 1 unspecified atom stereocenters. The molecule has 0 aliphatic rings. The first-order chi connectivity index (χ1) is 16.6. The SMILES string of the molecule is Cc1ccc(S(=O)(=O)NC(Cc2ccccc2)C(=O)Oc2ccc3c(C)c(Cl)c(=O)oc3c2)cc1. The third-order valence-electron chi connectivity index (χ3n) is 5.48. The molecule has 3 aromatic carbocycles. The molecule has 0 radical (unpaired) electrons. The lowest BCUT2D eigenvalue weighted by molar-refractivity contribution is -0.136. The first kappa shape index (κ1) is 24.7. The van der Waals surface area contributed by atoms with Gasteiger partial charge in [-0.3, -0.25) is 0 Å². The van der Waals surface area contributed by atoms with Crippen LogP contribution in [0.5, 0.6) is 5.75 Å². The summed E-state index contributed by atoms with van der Waals surface area (Å²) in [6.07, 6.45) is 0.0716. The molecule has 0 fully saturated rings. The zero-order valence-electron chi connectivity index (χ0n) is 18.9. The Bertz CT molecular complexity index is 1550. The number of ether oxygens (including phenoxy) is 1. The number of rotatable bonds is 7. The fourth-order valence-electron chi connectivity index (χ4n) is 3.56. The molecule has 0 bridgehead atoms. The third-order valence-corrected chi connectivity index (χ3v) is 7.41. The number of nitrogens with one attached hydrogen (secondary N) is 1. The van der Waals surface area contributed by atoms with Gasteiger partial charge in [0.15, 0.2) is 0 Å². The maximum Gasteiger partial charge on any atom is 0.355 e. The van der Waals surface area contributed by atoms with E-state index in [4.69, 9.17) is 20.8 Å². The van der Waals surface area contributed by atoms with Gasteiger partial charge in [0.05, 0.1) is 4.90 Å². The molecule has 0 saturated carbocycles. The molecule has 35 heavy (non-hydrogen) atoms. The molecule has 0 aliphatic heterocycles. The highest BCUT2D eigenvalue weighted by Gasteiger charge is 2.28. The highest BCUT2D eigenvalue weighted by molar-refractivity contribution is 7.89. The van der Waals surface area contributed by atoms with Gasteiger partial charge < -0.3 is 9.15 Å². The van der Waals surface area contributed by atoms with Gasteiger partial charge >= 0.3 is 11.6 Å². The standard InChI is InChI=1S/C26H22ClNO6S/c1-16-8-11-20(12-9-16)35(31,32)28-22(14-18-6-4-3-5-7-18)25(29)33-19-10-13-21-17(2)24(27)26(30)34-23(21)15-19/h3-13,15,22,28H,14H2,1-2H3. The smallest absolute Gasteiger partial charge is 0.355 e. The van der Waals surface area contributed by atoms with Crippen molar-refractivity contribution in [2.24, 2.45) is 0 Å². The Hall–Kier alpha value is -3.46. The predicted octanol–water partition coefficient (Wildman–Crippen LogP) is 4.56. The fraction of sp³-hybridized carbons (Fsp3) is 0.154. The molecule has 1 atom stereocenters. The van der Waals surface area contributed by atoms with Crippen molar-refractivity contribution in [3.63, 3.8) is 0 Å². The van der Waals surface area contributed by atoms with Gasteiger partial charge in [0.25, 0.3) is 0 Å². The monoisotopic (exact) mass is 511 g/mol. The summed E-state index contributed by atoms with van der Waals surface area (Å²) in [6, 6.07) is 18.6. The number of benzene rings is 3. The van der Waals surface area contributed by atoms with Gasteiger partial charge in [0.2, 0.25) is 10.0 Å². The predicted molar refractivity (Wildman–Crippen MR) is 133 cm³/mol. The average molecular weight is 512 g/mol. The Kier molecular flexibility index (Phi) is 7.07. The van der Waals surface area contributed by atoms with E-state index >= 15 is 0 Å². The first-order valence-corrected chi connectivity index (χ1v) is 12.6. The van der Waals surface area contributed by atoms with Gasteiger partial charge in [0.1, 0.15) is 22.4 Å². The van der Waals surface area contributed by atoms with E-state index in [9.17, 15) is 18.0 Å². The van der Waals surface area contributed by atoms with Crippen LogP contribution in [0.25, 0.3) is 11.0 Å². The fourth-order valence-corrected chi connectivity index (χ4v) is 4.88. The minimum atomic E-state index is -4.01. The molecule has 9 heteroatoms. The number of sulfonamides is 1. The quantitative estimate of drug-likeness (QED) is 0.222. The molecule has 4 aromatic rings. The number of carbonyl (C=O) groups excluding carboxylic acids is 1. The van der Waals surface area contributed by atoms with E-state index < -0.39 is 27.7 Å². The van der Waals surface area contributed by atoms with Crippen molar-refractivity contribution in [1.82, 2.24) is 4.72 Å². The van der Waals surface area contributed by atoms with Gasteiger partial charge in [0, 0.05) is 11.5 Å². The van der Waals surface area contributed by atoms with E-state index in [0.717, 1.165) is 11.1 Å². The summed E-state index contributed by atoms with van der Waals surface area (Å²) in [5.41, 5.74) is 1.69. The van der Waals surface area contributed by atoms with Gasteiger partial charge in [-0.1, -0.05) is 59.6 Å². The van der Waals surface area contributed by atoms with E-state index in [2.05, 4.69) is 4.72 Å². The summed E-state index contributed by atoms with van der Waals surface area (Å²) in [4.78, 5) is 25.1. The largest absolute Gasteiger partial charge is 0.425 e. The Labute approximate surface area is 207 Å². The normalized spacial score (nSPS) is 12.4. The second-order valence-corrected chi connectivity index (χ2v) is 10.2. The average Bonchev–Trinajstić information content (AvgIpc) is 2.83. The molecule has 0 spiro atoms. The zero-order chi connectivity index (χ0) is 25.2. The van der Waals surface area contributed by atoms with Crippen molar-refractivity contribution in [1.29, 1.82) is 0 Å². The Balaban J connectivity index is 1.64. The van der Waals surface area contributed by atoms with Gasteiger partial charge in [-0.25, -0.2) is 18.0 Å². The van der Waals surface area contributed by atoms with E-state index in [-0.39, 0.29) is 27.7 Å². The van der Waals surface area contributed by atoms with Crippen LogP contribution in [0.4, 0.5) is 0 Å². The van der Waals surface area contributed by atoms with Crippen LogP contribution in [0, 0.1) is 13.8 Å². The van der Waals surface area contributed by atoms with Crippen LogP contribution in [0.2, 0.25) is 5.02 Å². The maximum atomic E-state index is 13.1. The summed E-state index contributed by atoms with van der Waals surface area (Å²) in [7, 11) is -4.01. The van der Waals surface area contributed by atoms with Crippen LogP contribution in [-0.2, 0) is 21.2 Å². The van der Waals surface area contributed by atoms with Gasteiger partial charge in [-0.15, -0.1) is 0 Å². The molecule has 7 nitrogen and oxygen atoms in total. The van der Waals surface area contributed by atoms with E-state index in [1.165, 1.54) is 24.3 Å². The minimum absolute atomic E-state index is 0.0179. The van der Waals surface area contributed by atoms with Crippen molar-refractivity contribution in [3.8, 4) is 5.75 Å². The van der Waals surface area contributed by atoms with Crippen LogP contribution in [-0.4, -0.2) is 20.4 Å². The molecule has 180 valence electrons. The van der Waals surface area contributed by atoms with Crippen molar-refractivity contribution < 1.29 is 22.4 Å². The van der Waals surface area contributed by atoms with E-state index in [1.807, 2.05) is 13.0 Å². The molecule has 0 amide bonds. The lowest BCUT2D eigenvalue weighted by Crippen LogP contribution is -2.44. The number of esters is 1. The van der Waals surface area contributed by atoms with Crippen molar-refractivity contribution >= 4 is 38.6 Å². The number of hydrogen-bond donors (Lipinski definition) is 1. The minimum Gasteiger partial charge on any atom is -0.425 e. The summed E-state index contributed by atoms with van der Waals surface area (Å²) >= 11 is 5.96. The van der Waals surface area contributed by atoms with Crippen LogP contribution >= 0.6 is 11.6 Å².